The lowest BCUT2D eigenvalue weighted by atomic mass is 10.0. The summed E-state index contributed by atoms with van der Waals surface area (Å²) in [6, 6.07) is 9.73. The largest absolute Gasteiger partial charge is 0.497 e. The molecule has 32 heavy (non-hydrogen) atoms. The van der Waals surface area contributed by atoms with E-state index in [1.54, 1.807) is 18.1 Å². The maximum atomic E-state index is 12.6. The summed E-state index contributed by atoms with van der Waals surface area (Å²) in [5.41, 5.74) is 2.29. The molecule has 1 amide bonds. The molecular formula is C23H23F2NO6. The fourth-order valence-electron chi connectivity index (χ4n) is 3.36. The maximum absolute atomic E-state index is 12.6. The molecule has 1 heterocycles. The minimum atomic E-state index is -2.98. The third-order valence-electron chi connectivity index (χ3n) is 4.86. The maximum Gasteiger partial charge on any atom is 0.387 e. The Morgan fingerprint density at radius 3 is 2.62 bits per heavy atom. The minimum absolute atomic E-state index is 0.0939. The van der Waals surface area contributed by atoms with Gasteiger partial charge >= 0.3 is 12.6 Å². The van der Waals surface area contributed by atoms with Crippen LogP contribution in [0.15, 0.2) is 42.5 Å². The standard InChI is InChI=1S/C23H23F2NO6/c1-29-17-7-8-18-16(13-17)4-3-11-26(18)21(27)14-31-22(28)10-6-15-5-9-19(32-23(24)25)20(12-15)30-2/h5-10,12-13,23H,3-4,11,14H2,1-2H3/b10-6+. The topological polar surface area (TPSA) is 74.3 Å². The molecule has 0 bridgehead atoms. The van der Waals surface area contributed by atoms with Gasteiger partial charge in [0.05, 0.1) is 14.2 Å². The van der Waals surface area contributed by atoms with Crippen molar-refractivity contribution in [2.24, 2.45) is 0 Å². The van der Waals surface area contributed by atoms with Gasteiger partial charge in [0.1, 0.15) is 5.75 Å². The van der Waals surface area contributed by atoms with Gasteiger partial charge in [-0.25, -0.2) is 4.79 Å². The number of ether oxygens (including phenoxy) is 4. The van der Waals surface area contributed by atoms with Crippen LogP contribution in [0.2, 0.25) is 0 Å². The van der Waals surface area contributed by atoms with Crippen molar-refractivity contribution >= 4 is 23.6 Å². The summed E-state index contributed by atoms with van der Waals surface area (Å²) >= 11 is 0. The molecule has 3 rings (SSSR count). The summed E-state index contributed by atoms with van der Waals surface area (Å²) in [4.78, 5) is 26.3. The van der Waals surface area contributed by atoms with Crippen LogP contribution in [0.25, 0.3) is 6.08 Å². The average Bonchev–Trinajstić information content (AvgIpc) is 2.80. The number of halogens is 2. The molecule has 0 atom stereocenters. The molecule has 1 aliphatic rings. The smallest absolute Gasteiger partial charge is 0.387 e. The van der Waals surface area contributed by atoms with Crippen molar-refractivity contribution in [1.82, 2.24) is 0 Å². The lowest BCUT2D eigenvalue weighted by Gasteiger charge is -2.29. The number of rotatable bonds is 8. The van der Waals surface area contributed by atoms with E-state index in [0.717, 1.165) is 35.9 Å². The van der Waals surface area contributed by atoms with E-state index in [4.69, 9.17) is 14.2 Å². The zero-order valence-corrected chi connectivity index (χ0v) is 17.7. The molecule has 0 fully saturated rings. The summed E-state index contributed by atoms with van der Waals surface area (Å²) in [6.45, 7) is -2.84. The van der Waals surface area contributed by atoms with Crippen molar-refractivity contribution in [3.8, 4) is 17.2 Å². The predicted molar refractivity (Wildman–Crippen MR) is 113 cm³/mol. The van der Waals surface area contributed by atoms with Crippen molar-refractivity contribution < 1.29 is 37.3 Å². The van der Waals surface area contributed by atoms with Gasteiger partial charge in [0.2, 0.25) is 0 Å². The number of carbonyl (C=O) groups excluding carboxylic acids is 2. The number of amides is 1. The van der Waals surface area contributed by atoms with Gasteiger partial charge in [-0.1, -0.05) is 6.07 Å². The number of fused-ring (bicyclic) bond motifs is 1. The second-order valence-corrected chi connectivity index (χ2v) is 6.87. The number of hydrogen-bond donors (Lipinski definition) is 0. The van der Waals surface area contributed by atoms with Crippen LogP contribution in [0.5, 0.6) is 17.2 Å². The molecule has 2 aromatic rings. The highest BCUT2D eigenvalue weighted by Crippen LogP contribution is 2.31. The summed E-state index contributed by atoms with van der Waals surface area (Å²) in [7, 11) is 2.90. The first-order chi connectivity index (χ1) is 15.4. The van der Waals surface area contributed by atoms with E-state index in [1.165, 1.54) is 31.4 Å². The summed E-state index contributed by atoms with van der Waals surface area (Å²) < 4.78 is 44.5. The highest BCUT2D eigenvalue weighted by atomic mass is 19.3. The molecule has 0 unspecified atom stereocenters. The molecular weight excluding hydrogens is 424 g/mol. The van der Waals surface area contributed by atoms with Gasteiger partial charge in [0.25, 0.3) is 5.91 Å². The van der Waals surface area contributed by atoms with Gasteiger partial charge in [0, 0.05) is 18.3 Å². The number of anilines is 1. The fourth-order valence-corrected chi connectivity index (χ4v) is 3.36. The van der Waals surface area contributed by atoms with E-state index in [0.29, 0.717) is 12.1 Å². The number of aryl methyl sites for hydroxylation is 1. The number of methoxy groups -OCH3 is 2. The van der Waals surface area contributed by atoms with Crippen molar-refractivity contribution in [3.05, 3.63) is 53.6 Å². The van der Waals surface area contributed by atoms with Gasteiger partial charge < -0.3 is 23.8 Å². The second kappa shape index (κ2) is 10.6. The average molecular weight is 447 g/mol. The van der Waals surface area contributed by atoms with E-state index in [2.05, 4.69) is 4.74 Å². The van der Waals surface area contributed by atoms with Crippen LogP contribution >= 0.6 is 0 Å². The van der Waals surface area contributed by atoms with E-state index in [1.807, 2.05) is 12.1 Å². The zero-order valence-electron chi connectivity index (χ0n) is 17.7. The normalized spacial score (nSPS) is 13.1. The molecule has 170 valence electrons. The lowest BCUT2D eigenvalue weighted by molar-refractivity contribution is -0.142. The highest BCUT2D eigenvalue weighted by Gasteiger charge is 2.23. The van der Waals surface area contributed by atoms with E-state index < -0.39 is 19.2 Å². The van der Waals surface area contributed by atoms with Gasteiger partial charge in [0.15, 0.2) is 18.1 Å². The number of esters is 1. The lowest BCUT2D eigenvalue weighted by Crippen LogP contribution is -2.38. The van der Waals surface area contributed by atoms with Crippen LogP contribution in [0, 0.1) is 0 Å². The number of nitrogens with zero attached hydrogens (tertiary/aromatic N) is 1. The van der Waals surface area contributed by atoms with Crippen LogP contribution < -0.4 is 19.1 Å². The molecule has 0 aromatic heterocycles. The third kappa shape index (κ3) is 5.75. The Morgan fingerprint density at radius 1 is 1.09 bits per heavy atom. The molecule has 1 aliphatic heterocycles. The number of alkyl halides is 2. The van der Waals surface area contributed by atoms with Gasteiger partial charge in [-0.3, -0.25) is 4.79 Å². The van der Waals surface area contributed by atoms with Crippen molar-refractivity contribution in [2.45, 2.75) is 19.5 Å². The Bertz CT molecular complexity index is 1010. The molecule has 0 radical (unpaired) electrons. The molecule has 0 aliphatic carbocycles. The quantitative estimate of drug-likeness (QED) is 0.452. The Labute approximate surface area is 184 Å². The third-order valence-corrected chi connectivity index (χ3v) is 4.86. The number of hydrogen-bond acceptors (Lipinski definition) is 6. The number of carbonyl (C=O) groups is 2. The second-order valence-electron chi connectivity index (χ2n) is 6.87. The zero-order chi connectivity index (χ0) is 23.1. The summed E-state index contributed by atoms with van der Waals surface area (Å²) in [6.07, 6.45) is 4.20. The molecule has 0 N–H and O–H groups in total. The molecule has 0 saturated heterocycles. The van der Waals surface area contributed by atoms with Crippen molar-refractivity contribution in [3.63, 3.8) is 0 Å². The van der Waals surface area contributed by atoms with E-state index in [-0.39, 0.29) is 17.4 Å². The van der Waals surface area contributed by atoms with E-state index >= 15 is 0 Å². The van der Waals surface area contributed by atoms with Gasteiger partial charge in [-0.15, -0.1) is 0 Å². The van der Waals surface area contributed by atoms with Gasteiger partial charge in [-0.05, 0) is 60.4 Å². The Hall–Kier alpha value is -3.62. The van der Waals surface area contributed by atoms with Crippen molar-refractivity contribution in [2.75, 3.05) is 32.3 Å². The Kier molecular flexibility index (Phi) is 7.64. The van der Waals surface area contributed by atoms with Crippen LogP contribution in [-0.2, 0) is 20.7 Å². The molecule has 7 nitrogen and oxygen atoms in total. The number of benzene rings is 2. The predicted octanol–water partition coefficient (Wildman–Crippen LogP) is 3.84. The first kappa shape index (κ1) is 23.1. The van der Waals surface area contributed by atoms with E-state index in [9.17, 15) is 18.4 Å². The van der Waals surface area contributed by atoms with Crippen molar-refractivity contribution in [1.29, 1.82) is 0 Å². The minimum Gasteiger partial charge on any atom is -0.497 e. The SMILES string of the molecule is COc1ccc2c(c1)CCCN2C(=O)COC(=O)/C=C/c1ccc(OC(F)F)c(OC)c1. The molecule has 9 heteroatoms. The van der Waals surface area contributed by atoms with Crippen LogP contribution in [0.3, 0.4) is 0 Å². The summed E-state index contributed by atoms with van der Waals surface area (Å²) in [5.74, 6) is -0.339. The highest BCUT2D eigenvalue weighted by molar-refractivity contribution is 5.97. The van der Waals surface area contributed by atoms with Crippen LogP contribution in [0.1, 0.15) is 17.5 Å². The molecule has 0 spiro atoms. The summed E-state index contributed by atoms with van der Waals surface area (Å²) in [5, 5.41) is 0. The van der Waals surface area contributed by atoms with Crippen LogP contribution in [0.4, 0.5) is 14.5 Å². The molecule has 0 saturated carbocycles. The monoisotopic (exact) mass is 447 g/mol. The first-order valence-corrected chi connectivity index (χ1v) is 9.86. The first-order valence-electron chi connectivity index (χ1n) is 9.86. The molecule has 2 aromatic carbocycles. The van der Waals surface area contributed by atoms with Crippen LogP contribution in [-0.4, -0.2) is 45.9 Å². The fraction of sp³-hybridized carbons (Fsp3) is 0.304. The Balaban J connectivity index is 1.58. The Morgan fingerprint density at radius 2 is 1.91 bits per heavy atom. The van der Waals surface area contributed by atoms with Gasteiger partial charge in [-0.2, -0.15) is 8.78 Å².